The first-order valence-corrected chi connectivity index (χ1v) is 6.94. The normalized spacial score (nSPS) is 10.6. The predicted octanol–water partition coefficient (Wildman–Crippen LogP) is 4.61. The van der Waals surface area contributed by atoms with Gasteiger partial charge in [0.2, 0.25) is 0 Å². The summed E-state index contributed by atoms with van der Waals surface area (Å²) in [6.07, 6.45) is 0. The first-order chi connectivity index (χ1) is 9.49. The van der Waals surface area contributed by atoms with Gasteiger partial charge in [0.1, 0.15) is 11.6 Å². The van der Waals surface area contributed by atoms with E-state index < -0.39 is 23.2 Å². The Morgan fingerprint density at radius 1 is 1.20 bits per heavy atom. The van der Waals surface area contributed by atoms with Crippen LogP contribution in [0.5, 0.6) is 0 Å². The lowest BCUT2D eigenvalue weighted by Crippen LogP contribution is -2.00. The molecule has 0 aliphatic carbocycles. The van der Waals surface area contributed by atoms with E-state index in [2.05, 4.69) is 0 Å². The standard InChI is InChI=1S/C14H9ClF2O2S/c15-10-4-2-1-3-8(10)7-20-13-11(16)5-9(14(18)19)6-12(13)17/h1-6H,7H2,(H,18,19). The van der Waals surface area contributed by atoms with Gasteiger partial charge in [0.15, 0.2) is 0 Å². The van der Waals surface area contributed by atoms with E-state index in [-0.39, 0.29) is 4.90 Å². The lowest BCUT2D eigenvalue weighted by molar-refractivity contribution is 0.0695. The van der Waals surface area contributed by atoms with Crippen LogP contribution < -0.4 is 0 Å². The maximum atomic E-state index is 13.7. The Balaban J connectivity index is 2.22. The Labute approximate surface area is 123 Å². The number of hydrogen-bond acceptors (Lipinski definition) is 2. The molecule has 0 atom stereocenters. The number of rotatable bonds is 4. The third kappa shape index (κ3) is 3.29. The highest BCUT2D eigenvalue weighted by Gasteiger charge is 2.15. The summed E-state index contributed by atoms with van der Waals surface area (Å²) >= 11 is 6.89. The van der Waals surface area contributed by atoms with Gasteiger partial charge in [0, 0.05) is 10.8 Å². The maximum Gasteiger partial charge on any atom is 0.335 e. The number of aromatic carboxylic acids is 1. The van der Waals surface area contributed by atoms with Gasteiger partial charge in [0.25, 0.3) is 0 Å². The summed E-state index contributed by atoms with van der Waals surface area (Å²) in [5.41, 5.74) is 0.336. The molecule has 0 spiro atoms. The third-order valence-corrected chi connectivity index (χ3v) is 4.08. The molecule has 20 heavy (non-hydrogen) atoms. The summed E-state index contributed by atoms with van der Waals surface area (Å²) in [5.74, 6) is -2.86. The summed E-state index contributed by atoms with van der Waals surface area (Å²) in [5, 5.41) is 9.23. The lowest BCUT2D eigenvalue weighted by atomic mass is 10.2. The van der Waals surface area contributed by atoms with Crippen molar-refractivity contribution in [2.45, 2.75) is 10.6 Å². The molecule has 0 aliphatic heterocycles. The van der Waals surface area contributed by atoms with Gasteiger partial charge in [-0.3, -0.25) is 0 Å². The fourth-order valence-corrected chi connectivity index (χ4v) is 2.81. The Hall–Kier alpha value is -1.59. The zero-order chi connectivity index (χ0) is 14.7. The summed E-state index contributed by atoms with van der Waals surface area (Å²) in [6, 6.07) is 8.61. The summed E-state index contributed by atoms with van der Waals surface area (Å²) in [4.78, 5) is 10.5. The minimum absolute atomic E-state index is 0.213. The summed E-state index contributed by atoms with van der Waals surface area (Å²) in [6.45, 7) is 0. The quantitative estimate of drug-likeness (QED) is 0.837. The van der Waals surface area contributed by atoms with Crippen LogP contribution in [0.2, 0.25) is 5.02 Å². The zero-order valence-electron chi connectivity index (χ0n) is 10.1. The molecule has 1 N–H and O–H groups in total. The number of thioether (sulfide) groups is 1. The Morgan fingerprint density at radius 2 is 1.80 bits per heavy atom. The monoisotopic (exact) mass is 314 g/mol. The van der Waals surface area contributed by atoms with Gasteiger partial charge in [-0.05, 0) is 23.8 Å². The van der Waals surface area contributed by atoms with Crippen LogP contribution in [-0.2, 0) is 5.75 Å². The van der Waals surface area contributed by atoms with Crippen molar-refractivity contribution in [1.29, 1.82) is 0 Å². The van der Waals surface area contributed by atoms with Crippen LogP contribution in [0.25, 0.3) is 0 Å². The Morgan fingerprint density at radius 3 is 2.35 bits per heavy atom. The molecular weight excluding hydrogens is 306 g/mol. The van der Waals surface area contributed by atoms with Crippen molar-refractivity contribution in [3.63, 3.8) is 0 Å². The first kappa shape index (κ1) is 14.8. The molecule has 0 amide bonds. The van der Waals surface area contributed by atoms with Crippen molar-refractivity contribution < 1.29 is 18.7 Å². The maximum absolute atomic E-state index is 13.7. The first-order valence-electron chi connectivity index (χ1n) is 5.57. The average molecular weight is 315 g/mol. The van der Waals surface area contributed by atoms with Crippen molar-refractivity contribution >= 4 is 29.3 Å². The predicted molar refractivity (Wildman–Crippen MR) is 74.3 cm³/mol. The number of halogens is 3. The van der Waals surface area contributed by atoms with E-state index in [4.69, 9.17) is 16.7 Å². The SMILES string of the molecule is O=C(O)c1cc(F)c(SCc2ccccc2Cl)c(F)c1. The Kier molecular flexibility index (Phi) is 4.62. The number of carboxylic acid groups (broad SMARTS) is 1. The molecule has 0 fully saturated rings. The van der Waals surface area contributed by atoms with Crippen LogP contribution >= 0.6 is 23.4 Å². The van der Waals surface area contributed by atoms with E-state index in [0.29, 0.717) is 10.8 Å². The van der Waals surface area contributed by atoms with E-state index in [9.17, 15) is 13.6 Å². The van der Waals surface area contributed by atoms with Gasteiger partial charge < -0.3 is 5.11 Å². The van der Waals surface area contributed by atoms with Gasteiger partial charge >= 0.3 is 5.97 Å². The van der Waals surface area contributed by atoms with Crippen molar-refractivity contribution in [1.82, 2.24) is 0 Å². The molecule has 2 aromatic rings. The van der Waals surface area contributed by atoms with Gasteiger partial charge in [-0.1, -0.05) is 29.8 Å². The number of hydrogen-bond donors (Lipinski definition) is 1. The molecule has 0 saturated heterocycles. The molecular formula is C14H9ClF2O2S. The van der Waals surface area contributed by atoms with Crippen LogP contribution in [0, 0.1) is 11.6 Å². The van der Waals surface area contributed by atoms with Gasteiger partial charge in [-0.2, -0.15) is 0 Å². The molecule has 0 aliphatic rings. The second-order valence-electron chi connectivity index (χ2n) is 3.95. The van der Waals surface area contributed by atoms with Crippen molar-refractivity contribution in [3.8, 4) is 0 Å². The molecule has 0 radical (unpaired) electrons. The topological polar surface area (TPSA) is 37.3 Å². The molecule has 0 saturated carbocycles. The molecule has 104 valence electrons. The lowest BCUT2D eigenvalue weighted by Gasteiger charge is -2.07. The summed E-state index contributed by atoms with van der Waals surface area (Å²) in [7, 11) is 0. The van der Waals surface area contributed by atoms with E-state index in [0.717, 1.165) is 29.5 Å². The average Bonchev–Trinajstić information content (AvgIpc) is 2.39. The van der Waals surface area contributed by atoms with Crippen LogP contribution in [0.15, 0.2) is 41.3 Å². The van der Waals surface area contributed by atoms with Crippen molar-refractivity contribution in [2.75, 3.05) is 0 Å². The van der Waals surface area contributed by atoms with E-state index in [1.54, 1.807) is 24.3 Å². The highest BCUT2D eigenvalue weighted by molar-refractivity contribution is 7.98. The Bertz CT molecular complexity index is 638. The fourth-order valence-electron chi connectivity index (χ4n) is 1.59. The molecule has 2 rings (SSSR count). The molecule has 0 heterocycles. The van der Waals surface area contributed by atoms with Crippen molar-refractivity contribution in [2.24, 2.45) is 0 Å². The molecule has 0 aromatic heterocycles. The molecule has 2 aromatic carbocycles. The summed E-state index contributed by atoms with van der Waals surface area (Å²) < 4.78 is 27.4. The van der Waals surface area contributed by atoms with Crippen LogP contribution in [0.4, 0.5) is 8.78 Å². The molecule has 0 unspecified atom stereocenters. The second kappa shape index (κ2) is 6.24. The van der Waals surface area contributed by atoms with E-state index in [1.165, 1.54) is 0 Å². The minimum Gasteiger partial charge on any atom is -0.478 e. The highest BCUT2D eigenvalue weighted by atomic mass is 35.5. The van der Waals surface area contributed by atoms with Crippen LogP contribution in [0.3, 0.4) is 0 Å². The van der Waals surface area contributed by atoms with E-state index in [1.807, 2.05) is 0 Å². The largest absolute Gasteiger partial charge is 0.478 e. The van der Waals surface area contributed by atoms with Gasteiger partial charge in [-0.15, -0.1) is 11.8 Å². The third-order valence-electron chi connectivity index (χ3n) is 2.58. The highest BCUT2D eigenvalue weighted by Crippen LogP contribution is 2.31. The minimum atomic E-state index is -1.37. The van der Waals surface area contributed by atoms with Crippen LogP contribution in [0.1, 0.15) is 15.9 Å². The van der Waals surface area contributed by atoms with E-state index >= 15 is 0 Å². The smallest absolute Gasteiger partial charge is 0.335 e. The van der Waals surface area contributed by atoms with Crippen LogP contribution in [-0.4, -0.2) is 11.1 Å². The van der Waals surface area contributed by atoms with Gasteiger partial charge in [-0.25, -0.2) is 13.6 Å². The zero-order valence-corrected chi connectivity index (χ0v) is 11.6. The molecule has 6 heteroatoms. The number of benzene rings is 2. The fraction of sp³-hybridized carbons (Fsp3) is 0.0714. The molecule has 0 bridgehead atoms. The molecule has 2 nitrogen and oxygen atoms in total. The second-order valence-corrected chi connectivity index (χ2v) is 5.35. The number of carboxylic acids is 1. The van der Waals surface area contributed by atoms with Gasteiger partial charge in [0.05, 0.1) is 10.5 Å². The van der Waals surface area contributed by atoms with Crippen molar-refractivity contribution in [3.05, 3.63) is 64.2 Å². The number of carbonyl (C=O) groups is 1.